The first-order valence-electron chi connectivity index (χ1n) is 8.06. The van der Waals surface area contributed by atoms with E-state index in [2.05, 4.69) is 25.1 Å². The fourth-order valence-corrected chi connectivity index (χ4v) is 2.97. The van der Waals surface area contributed by atoms with Crippen LogP contribution in [0, 0.1) is 5.82 Å². The Morgan fingerprint density at radius 2 is 1.92 bits per heavy atom. The average Bonchev–Trinajstić information content (AvgIpc) is 2.64. The molecule has 2 heterocycles. The molecule has 1 amide bonds. The Bertz CT molecular complexity index is 737. The number of carbonyl (C=O) groups excluding carboxylic acids is 1. The molecule has 1 aliphatic rings. The minimum Gasteiger partial charge on any atom is -0.338 e. The van der Waals surface area contributed by atoms with Gasteiger partial charge >= 0.3 is 0 Å². The molecule has 1 aromatic heterocycles. The van der Waals surface area contributed by atoms with Gasteiger partial charge < -0.3 is 10.2 Å². The van der Waals surface area contributed by atoms with E-state index < -0.39 is 5.82 Å². The van der Waals surface area contributed by atoms with Crippen LogP contribution in [0.4, 0.5) is 16.0 Å². The molecule has 0 spiro atoms. The van der Waals surface area contributed by atoms with Crippen molar-refractivity contribution in [1.82, 2.24) is 14.9 Å². The molecule has 0 bridgehead atoms. The van der Waals surface area contributed by atoms with Crippen LogP contribution >= 0.6 is 11.6 Å². The van der Waals surface area contributed by atoms with Gasteiger partial charge in [-0.05, 0) is 31.2 Å². The molecule has 1 aliphatic heterocycles. The first-order chi connectivity index (χ1) is 12.0. The van der Waals surface area contributed by atoms with Gasteiger partial charge in [-0.2, -0.15) is 0 Å². The molecule has 1 atom stereocenters. The minimum atomic E-state index is -0.435. The second-order valence-electron chi connectivity index (χ2n) is 5.86. The zero-order valence-corrected chi connectivity index (χ0v) is 14.6. The Hall–Kier alpha value is -2.25. The van der Waals surface area contributed by atoms with Crippen LogP contribution < -0.4 is 10.2 Å². The second-order valence-corrected chi connectivity index (χ2v) is 6.27. The molecule has 1 fully saturated rings. The lowest BCUT2D eigenvalue weighted by Crippen LogP contribution is -2.53. The molecule has 1 N–H and O–H groups in total. The molecule has 8 heteroatoms. The van der Waals surface area contributed by atoms with Crippen LogP contribution in [0.15, 0.2) is 36.7 Å². The molecule has 2 aromatic rings. The van der Waals surface area contributed by atoms with E-state index in [1.807, 2.05) is 6.92 Å². The van der Waals surface area contributed by atoms with Crippen LogP contribution in [-0.4, -0.2) is 53.0 Å². The molecule has 25 heavy (non-hydrogen) atoms. The summed E-state index contributed by atoms with van der Waals surface area (Å²) in [5, 5.41) is 2.95. The third kappa shape index (κ3) is 4.24. The van der Waals surface area contributed by atoms with Gasteiger partial charge in [-0.15, -0.1) is 0 Å². The van der Waals surface area contributed by atoms with Gasteiger partial charge in [0.1, 0.15) is 5.82 Å². The van der Waals surface area contributed by atoms with Crippen molar-refractivity contribution >= 4 is 29.1 Å². The predicted molar refractivity (Wildman–Crippen MR) is 95.3 cm³/mol. The summed E-state index contributed by atoms with van der Waals surface area (Å²) in [7, 11) is 0. The molecule has 0 unspecified atom stereocenters. The van der Waals surface area contributed by atoms with Crippen LogP contribution in [0.1, 0.15) is 6.92 Å². The highest BCUT2D eigenvalue weighted by Gasteiger charge is 2.26. The Morgan fingerprint density at radius 1 is 1.24 bits per heavy atom. The molecular formula is C17H19ClFN5O. The normalized spacial score (nSPS) is 16.5. The van der Waals surface area contributed by atoms with E-state index in [0.29, 0.717) is 11.6 Å². The maximum atomic E-state index is 13.1. The summed E-state index contributed by atoms with van der Waals surface area (Å²) < 4.78 is 13.1. The van der Waals surface area contributed by atoms with E-state index in [4.69, 9.17) is 11.6 Å². The van der Waals surface area contributed by atoms with Gasteiger partial charge in [0.2, 0.25) is 11.9 Å². The van der Waals surface area contributed by atoms with Gasteiger partial charge in [0.25, 0.3) is 0 Å². The summed E-state index contributed by atoms with van der Waals surface area (Å²) in [6.07, 6.45) is 3.44. The fourth-order valence-electron chi connectivity index (χ4n) is 2.76. The third-order valence-electron chi connectivity index (χ3n) is 4.27. The second kappa shape index (κ2) is 7.76. The summed E-state index contributed by atoms with van der Waals surface area (Å²) in [6, 6.07) is 5.38. The SMILES string of the molecule is C[C@@H](C(=O)Nc1ccc(F)cc1Cl)N1CCN(c2ncccn2)CC1. The minimum absolute atomic E-state index is 0.169. The number of piperazine rings is 1. The molecule has 0 saturated carbocycles. The number of aromatic nitrogens is 2. The number of hydrogen-bond donors (Lipinski definition) is 1. The van der Waals surface area contributed by atoms with Crippen LogP contribution in [0.3, 0.4) is 0 Å². The van der Waals surface area contributed by atoms with Crippen molar-refractivity contribution in [2.75, 3.05) is 36.4 Å². The lowest BCUT2D eigenvalue weighted by Gasteiger charge is -2.37. The van der Waals surface area contributed by atoms with E-state index in [1.54, 1.807) is 18.5 Å². The number of nitrogens with one attached hydrogen (secondary N) is 1. The summed E-state index contributed by atoms with van der Waals surface area (Å²) in [5.74, 6) is 0.102. The van der Waals surface area contributed by atoms with Crippen molar-refractivity contribution in [2.24, 2.45) is 0 Å². The van der Waals surface area contributed by atoms with Gasteiger partial charge in [0.05, 0.1) is 16.8 Å². The molecule has 1 aromatic carbocycles. The lowest BCUT2D eigenvalue weighted by atomic mass is 10.2. The third-order valence-corrected chi connectivity index (χ3v) is 4.58. The fraction of sp³-hybridized carbons (Fsp3) is 0.353. The van der Waals surface area contributed by atoms with E-state index in [1.165, 1.54) is 18.2 Å². The number of benzene rings is 1. The molecule has 6 nitrogen and oxygen atoms in total. The zero-order chi connectivity index (χ0) is 17.8. The van der Waals surface area contributed by atoms with Crippen molar-refractivity contribution < 1.29 is 9.18 Å². The molecule has 132 valence electrons. The van der Waals surface area contributed by atoms with E-state index >= 15 is 0 Å². The number of amides is 1. The van der Waals surface area contributed by atoms with Crippen LogP contribution in [0.2, 0.25) is 5.02 Å². The van der Waals surface area contributed by atoms with Gasteiger partial charge in [0.15, 0.2) is 0 Å². The smallest absolute Gasteiger partial charge is 0.241 e. The van der Waals surface area contributed by atoms with Crippen molar-refractivity contribution in [2.45, 2.75) is 13.0 Å². The predicted octanol–water partition coefficient (Wildman–Crippen LogP) is 2.42. The van der Waals surface area contributed by atoms with Gasteiger partial charge in [0, 0.05) is 38.6 Å². The first kappa shape index (κ1) is 17.6. The molecule has 0 radical (unpaired) electrons. The maximum absolute atomic E-state index is 13.1. The number of nitrogens with zero attached hydrogens (tertiary/aromatic N) is 4. The number of hydrogen-bond acceptors (Lipinski definition) is 5. The molecule has 3 rings (SSSR count). The number of halogens is 2. The highest BCUT2D eigenvalue weighted by molar-refractivity contribution is 6.33. The quantitative estimate of drug-likeness (QED) is 0.904. The highest BCUT2D eigenvalue weighted by atomic mass is 35.5. The Balaban J connectivity index is 1.56. The Morgan fingerprint density at radius 3 is 2.56 bits per heavy atom. The Kier molecular flexibility index (Phi) is 5.45. The summed E-state index contributed by atoms with van der Waals surface area (Å²) in [6.45, 7) is 4.80. The van der Waals surface area contributed by atoms with Crippen LogP contribution in [0.25, 0.3) is 0 Å². The van der Waals surface area contributed by atoms with Gasteiger partial charge in [-0.1, -0.05) is 11.6 Å². The van der Waals surface area contributed by atoms with E-state index in [-0.39, 0.29) is 17.0 Å². The van der Waals surface area contributed by atoms with Gasteiger partial charge in [-0.3, -0.25) is 9.69 Å². The largest absolute Gasteiger partial charge is 0.338 e. The highest BCUT2D eigenvalue weighted by Crippen LogP contribution is 2.23. The maximum Gasteiger partial charge on any atom is 0.241 e. The molecule has 1 saturated heterocycles. The van der Waals surface area contributed by atoms with Crippen molar-refractivity contribution in [3.05, 3.63) is 47.5 Å². The van der Waals surface area contributed by atoms with Gasteiger partial charge in [-0.25, -0.2) is 14.4 Å². The summed E-state index contributed by atoms with van der Waals surface area (Å²) in [5.41, 5.74) is 0.413. The topological polar surface area (TPSA) is 61.4 Å². The summed E-state index contributed by atoms with van der Waals surface area (Å²) >= 11 is 5.96. The molecule has 0 aliphatic carbocycles. The number of rotatable bonds is 4. The lowest BCUT2D eigenvalue weighted by molar-refractivity contribution is -0.120. The Labute approximate surface area is 150 Å². The van der Waals surface area contributed by atoms with Crippen molar-refractivity contribution in [3.8, 4) is 0 Å². The zero-order valence-electron chi connectivity index (χ0n) is 13.8. The number of carbonyl (C=O) groups is 1. The standard InChI is InChI=1S/C17H19ClFN5O/c1-12(16(25)22-15-4-3-13(19)11-14(15)18)23-7-9-24(10-8-23)17-20-5-2-6-21-17/h2-6,11-12H,7-10H2,1H3,(H,22,25)/t12-/m0/s1. The van der Waals surface area contributed by atoms with Crippen molar-refractivity contribution in [1.29, 1.82) is 0 Å². The number of anilines is 2. The van der Waals surface area contributed by atoms with Crippen LogP contribution in [-0.2, 0) is 4.79 Å². The van der Waals surface area contributed by atoms with E-state index in [0.717, 1.165) is 26.2 Å². The monoisotopic (exact) mass is 363 g/mol. The average molecular weight is 364 g/mol. The molecular weight excluding hydrogens is 345 g/mol. The van der Waals surface area contributed by atoms with Crippen LogP contribution in [0.5, 0.6) is 0 Å². The summed E-state index contributed by atoms with van der Waals surface area (Å²) in [4.78, 5) is 25.1. The van der Waals surface area contributed by atoms with E-state index in [9.17, 15) is 9.18 Å². The van der Waals surface area contributed by atoms with Crippen molar-refractivity contribution in [3.63, 3.8) is 0 Å². The first-order valence-corrected chi connectivity index (χ1v) is 8.44.